The van der Waals surface area contributed by atoms with E-state index in [0.29, 0.717) is 6.54 Å². The molecule has 1 N–H and O–H groups in total. The summed E-state index contributed by atoms with van der Waals surface area (Å²) in [5.74, 6) is 0.834. The second-order valence-corrected chi connectivity index (χ2v) is 6.85. The smallest absolute Gasteiger partial charge is 0.151 e. The Morgan fingerprint density at radius 3 is 3.17 bits per heavy atom. The summed E-state index contributed by atoms with van der Waals surface area (Å²) in [5.41, 5.74) is 1.64. The van der Waals surface area contributed by atoms with Gasteiger partial charge >= 0.3 is 0 Å². The van der Waals surface area contributed by atoms with Crippen LogP contribution in [0.3, 0.4) is 0 Å². The molecule has 3 heterocycles. The third-order valence-electron chi connectivity index (χ3n) is 5.55. The van der Waals surface area contributed by atoms with Crippen LogP contribution < -0.4 is 0 Å². The van der Waals surface area contributed by atoms with Gasteiger partial charge < -0.3 is 14.4 Å². The van der Waals surface area contributed by atoms with Crippen LogP contribution in [-0.2, 0) is 11.3 Å². The number of nitrogens with zero attached hydrogens (tertiary/aromatic N) is 3. The summed E-state index contributed by atoms with van der Waals surface area (Å²) in [5, 5.41) is 14.2. The van der Waals surface area contributed by atoms with Crippen molar-refractivity contribution >= 4 is 0 Å². The number of ether oxygens (including phenoxy) is 1. The summed E-state index contributed by atoms with van der Waals surface area (Å²) >= 11 is 0. The maximum atomic E-state index is 10.1. The summed E-state index contributed by atoms with van der Waals surface area (Å²) in [6, 6.07) is 6.07. The Morgan fingerprint density at radius 1 is 1.46 bits per heavy atom. The van der Waals surface area contributed by atoms with E-state index in [9.17, 15) is 5.11 Å². The van der Waals surface area contributed by atoms with Crippen molar-refractivity contribution in [2.24, 2.45) is 0 Å². The van der Waals surface area contributed by atoms with Gasteiger partial charge in [0.2, 0.25) is 0 Å². The Morgan fingerprint density at radius 2 is 2.38 bits per heavy atom. The number of fused-ring (bicyclic) bond motifs is 1. The molecule has 2 aromatic rings. The van der Waals surface area contributed by atoms with Gasteiger partial charge in [-0.2, -0.15) is 0 Å². The fourth-order valence-electron chi connectivity index (χ4n) is 4.20. The lowest BCUT2D eigenvalue weighted by atomic mass is 9.79. The number of aliphatic hydroxyl groups excluding tert-OH is 1. The molecule has 2 aliphatic rings. The number of aliphatic hydroxyl groups is 1. The summed E-state index contributed by atoms with van der Waals surface area (Å²) in [6.07, 6.45) is 6.80. The van der Waals surface area contributed by atoms with E-state index in [1.54, 1.807) is 19.5 Å². The molecule has 0 unspecified atom stereocenters. The van der Waals surface area contributed by atoms with Gasteiger partial charge in [0.25, 0.3) is 0 Å². The number of aromatic nitrogens is 2. The molecule has 0 amide bonds. The number of methoxy groups -OCH3 is 1. The molecular formula is C18H23N3O3. The van der Waals surface area contributed by atoms with Crippen molar-refractivity contribution in [3.05, 3.63) is 36.4 Å². The van der Waals surface area contributed by atoms with Crippen molar-refractivity contribution in [3.8, 4) is 11.3 Å². The molecule has 1 aliphatic carbocycles. The van der Waals surface area contributed by atoms with Crippen LogP contribution in [0, 0.1) is 0 Å². The van der Waals surface area contributed by atoms with Crippen molar-refractivity contribution in [2.45, 2.75) is 50.0 Å². The van der Waals surface area contributed by atoms with Gasteiger partial charge in [-0.15, -0.1) is 0 Å². The quantitative estimate of drug-likeness (QED) is 0.927. The molecule has 6 heteroatoms. The number of pyridine rings is 1. The minimum Gasteiger partial charge on any atom is -0.393 e. The lowest BCUT2D eigenvalue weighted by Crippen LogP contribution is -2.51. The van der Waals surface area contributed by atoms with Crippen molar-refractivity contribution < 1.29 is 14.4 Å². The number of rotatable bonds is 4. The highest BCUT2D eigenvalue weighted by molar-refractivity contribution is 5.57. The van der Waals surface area contributed by atoms with E-state index in [4.69, 9.17) is 9.26 Å². The number of hydrogen-bond donors (Lipinski definition) is 1. The van der Waals surface area contributed by atoms with Crippen molar-refractivity contribution in [1.82, 2.24) is 15.0 Å². The van der Waals surface area contributed by atoms with Crippen LogP contribution in [0.5, 0.6) is 0 Å². The number of likely N-dealkylation sites (tertiary alicyclic amines) is 1. The van der Waals surface area contributed by atoms with E-state index in [1.807, 2.05) is 18.2 Å². The summed E-state index contributed by atoms with van der Waals surface area (Å²) in [4.78, 5) is 6.48. The molecule has 2 aromatic heterocycles. The molecule has 1 saturated heterocycles. The molecule has 1 saturated carbocycles. The molecule has 6 nitrogen and oxygen atoms in total. The molecule has 4 rings (SSSR count). The zero-order valence-electron chi connectivity index (χ0n) is 13.9. The van der Waals surface area contributed by atoms with E-state index in [1.165, 1.54) is 0 Å². The van der Waals surface area contributed by atoms with Crippen molar-refractivity contribution in [3.63, 3.8) is 0 Å². The molecule has 1 aliphatic heterocycles. The van der Waals surface area contributed by atoms with Gasteiger partial charge in [-0.1, -0.05) is 5.16 Å². The van der Waals surface area contributed by atoms with E-state index < -0.39 is 0 Å². The molecule has 2 fully saturated rings. The number of hydrogen-bond acceptors (Lipinski definition) is 6. The van der Waals surface area contributed by atoms with Crippen LogP contribution in [-0.4, -0.2) is 51.5 Å². The first-order chi connectivity index (χ1) is 11.7. The van der Waals surface area contributed by atoms with Crippen LogP contribution in [0.1, 0.15) is 31.4 Å². The van der Waals surface area contributed by atoms with E-state index in [2.05, 4.69) is 15.0 Å². The summed E-state index contributed by atoms with van der Waals surface area (Å²) in [6.45, 7) is 1.64. The second-order valence-electron chi connectivity index (χ2n) is 6.85. The van der Waals surface area contributed by atoms with Crippen LogP contribution in [0.15, 0.2) is 35.1 Å². The first-order valence-electron chi connectivity index (χ1n) is 8.53. The molecule has 0 aromatic carbocycles. The van der Waals surface area contributed by atoms with Crippen LogP contribution in [0.4, 0.5) is 0 Å². The molecule has 0 bridgehead atoms. The summed E-state index contributed by atoms with van der Waals surface area (Å²) < 4.78 is 11.4. The fourth-order valence-corrected chi connectivity index (χ4v) is 4.20. The van der Waals surface area contributed by atoms with Gasteiger partial charge in [-0.3, -0.25) is 9.88 Å². The maximum absolute atomic E-state index is 10.1. The van der Waals surface area contributed by atoms with Gasteiger partial charge in [-0.05, 0) is 37.8 Å². The van der Waals surface area contributed by atoms with E-state index in [0.717, 1.165) is 49.2 Å². The molecular weight excluding hydrogens is 306 g/mol. The highest BCUT2D eigenvalue weighted by Crippen LogP contribution is 2.43. The second kappa shape index (κ2) is 6.27. The summed E-state index contributed by atoms with van der Waals surface area (Å²) in [7, 11) is 1.79. The third kappa shape index (κ3) is 2.75. The molecule has 24 heavy (non-hydrogen) atoms. The first-order valence-corrected chi connectivity index (χ1v) is 8.53. The van der Waals surface area contributed by atoms with E-state index in [-0.39, 0.29) is 17.7 Å². The lowest BCUT2D eigenvalue weighted by Gasteiger charge is -2.42. The van der Waals surface area contributed by atoms with Crippen molar-refractivity contribution in [2.75, 3.05) is 13.7 Å². The first kappa shape index (κ1) is 15.7. The minimum absolute atomic E-state index is 0.120. The highest BCUT2D eigenvalue weighted by atomic mass is 16.5. The molecule has 3 atom stereocenters. The van der Waals surface area contributed by atoms with Gasteiger partial charge in [0.05, 0.1) is 18.2 Å². The Balaban J connectivity index is 1.51. The van der Waals surface area contributed by atoms with E-state index >= 15 is 0 Å². The monoisotopic (exact) mass is 329 g/mol. The Labute approximate surface area is 141 Å². The average molecular weight is 329 g/mol. The standard InChI is InChI=1S/C18H23N3O3/c1-23-18-5-4-14(22)9-17(18)21(8-6-18)12-15-10-16(20-24-15)13-3-2-7-19-11-13/h2-3,7,10-11,14,17,22H,4-6,8-9,12H2,1H3/t14-,17+,18-/m0/s1. The third-order valence-corrected chi connectivity index (χ3v) is 5.55. The van der Waals surface area contributed by atoms with Crippen LogP contribution in [0.25, 0.3) is 11.3 Å². The van der Waals surface area contributed by atoms with Crippen molar-refractivity contribution in [1.29, 1.82) is 0 Å². The predicted octanol–water partition coefficient (Wildman–Crippen LogP) is 2.24. The van der Waals surface area contributed by atoms with Gasteiger partial charge in [0.1, 0.15) is 5.69 Å². The Hall–Kier alpha value is -1.76. The zero-order chi connectivity index (χ0) is 16.6. The Bertz CT molecular complexity index is 690. The average Bonchev–Trinajstić information content (AvgIpc) is 3.22. The Kier molecular flexibility index (Phi) is 4.12. The minimum atomic E-state index is -0.237. The predicted molar refractivity (Wildman–Crippen MR) is 88.1 cm³/mol. The molecule has 0 spiro atoms. The van der Waals surface area contributed by atoms with Gasteiger partial charge in [0.15, 0.2) is 5.76 Å². The normalized spacial score (nSPS) is 30.4. The van der Waals surface area contributed by atoms with Gasteiger partial charge in [-0.25, -0.2) is 0 Å². The lowest BCUT2D eigenvalue weighted by molar-refractivity contribution is -0.0886. The van der Waals surface area contributed by atoms with Gasteiger partial charge in [0, 0.05) is 43.7 Å². The zero-order valence-corrected chi connectivity index (χ0v) is 13.9. The molecule has 128 valence electrons. The molecule has 0 radical (unpaired) electrons. The SMILES string of the molecule is CO[C@]12CC[C@H](O)C[C@H]1N(Cc1cc(-c3cccnc3)no1)CC2. The topological polar surface area (TPSA) is 71.6 Å². The highest BCUT2D eigenvalue weighted by Gasteiger charge is 2.50. The maximum Gasteiger partial charge on any atom is 0.151 e. The fraction of sp³-hybridized carbons (Fsp3) is 0.556. The van der Waals surface area contributed by atoms with Crippen LogP contribution in [0.2, 0.25) is 0 Å². The largest absolute Gasteiger partial charge is 0.393 e. The van der Waals surface area contributed by atoms with Crippen LogP contribution >= 0.6 is 0 Å².